The highest BCUT2D eigenvalue weighted by Crippen LogP contribution is 2.42. The van der Waals surface area contributed by atoms with E-state index in [1.807, 2.05) is 103 Å². The van der Waals surface area contributed by atoms with E-state index < -0.39 is 69.4 Å². The highest BCUT2D eigenvalue weighted by molar-refractivity contribution is 7.92. The minimum Gasteiger partial charge on any atom is -0.614 e. The molecule has 78 heavy (non-hydrogen) atoms. The van der Waals surface area contributed by atoms with E-state index in [1.165, 1.54) is 31.6 Å². The number of β-lactam (4-membered cyclic amide) rings is 1. The molecule has 0 saturated carbocycles. The Balaban J connectivity index is 1.05. The van der Waals surface area contributed by atoms with Crippen molar-refractivity contribution in [2.24, 2.45) is 12.2 Å². The zero-order valence-corrected chi connectivity index (χ0v) is 45.3. The number of carbonyl (C=O) groups is 3. The molecule has 3 atom stereocenters. The third kappa shape index (κ3) is 11.2. The number of thiol groups is 1. The van der Waals surface area contributed by atoms with Gasteiger partial charge in [-0.3, -0.25) is 28.6 Å². The number of esters is 1. The maximum Gasteiger partial charge on any atom is 0.356 e. The van der Waals surface area contributed by atoms with Crippen molar-refractivity contribution in [3.05, 3.63) is 234 Å². The Morgan fingerprint density at radius 3 is 1.87 bits per heavy atom. The number of fused-ring (bicyclic) bond motifs is 1. The number of hydrogen-bond donors (Lipinski definition) is 3. The van der Waals surface area contributed by atoms with Crippen LogP contribution in [0.4, 0.5) is 5.13 Å². The predicted octanol–water partition coefficient (Wildman–Crippen LogP) is 6.53. The predicted molar refractivity (Wildman–Crippen MR) is 300 cm³/mol. The zero-order chi connectivity index (χ0) is 54.9. The summed E-state index contributed by atoms with van der Waals surface area (Å²) in [5, 5.41) is 15.7. The second-order valence-corrected chi connectivity index (χ2v) is 20.6. The van der Waals surface area contributed by atoms with Crippen LogP contribution >= 0.6 is 24.0 Å². The molecule has 1 saturated heterocycles. The van der Waals surface area contributed by atoms with Gasteiger partial charge < -0.3 is 34.2 Å². The van der Waals surface area contributed by atoms with Crippen LogP contribution in [0.15, 0.2) is 189 Å². The molecule has 0 radical (unpaired) electrons. The summed E-state index contributed by atoms with van der Waals surface area (Å²) in [6, 6.07) is 46.3. The molecule has 2 aliphatic heterocycles. The van der Waals surface area contributed by atoms with Gasteiger partial charge in [0.25, 0.3) is 11.8 Å². The second kappa shape index (κ2) is 24.6. The van der Waals surface area contributed by atoms with E-state index in [-0.39, 0.29) is 58.9 Å². The van der Waals surface area contributed by atoms with Crippen molar-refractivity contribution in [3.8, 4) is 0 Å². The van der Waals surface area contributed by atoms with Crippen LogP contribution in [0.3, 0.4) is 0 Å². The van der Waals surface area contributed by atoms with Gasteiger partial charge >= 0.3 is 17.1 Å². The molecular formula is C57H54N8O10S3. The molecule has 2 aromatic heterocycles. The summed E-state index contributed by atoms with van der Waals surface area (Å²) < 4.78 is 34.0. The van der Waals surface area contributed by atoms with Gasteiger partial charge in [-0.1, -0.05) is 157 Å². The molecule has 18 nitrogen and oxygen atoms in total. The summed E-state index contributed by atoms with van der Waals surface area (Å²) in [4.78, 5) is 81.7. The van der Waals surface area contributed by atoms with Crippen molar-refractivity contribution in [1.82, 2.24) is 29.5 Å². The van der Waals surface area contributed by atoms with Gasteiger partial charge in [0.05, 0.1) is 6.54 Å². The van der Waals surface area contributed by atoms with Gasteiger partial charge in [0.15, 0.2) is 35.1 Å². The number of nitrogens with one attached hydrogen (secondary N) is 2. The highest BCUT2D eigenvalue weighted by Gasteiger charge is 2.61. The lowest BCUT2D eigenvalue weighted by atomic mass is 9.77. The second-order valence-electron chi connectivity index (χ2n) is 17.7. The number of thiazole rings is 1. The van der Waals surface area contributed by atoms with Gasteiger partial charge in [0, 0.05) is 36.1 Å². The van der Waals surface area contributed by atoms with Gasteiger partial charge in [-0.25, -0.2) is 14.5 Å². The molecule has 0 spiro atoms. The fraction of sp³-hybridized carbons (Fsp3) is 0.228. The number of anilines is 1. The lowest BCUT2D eigenvalue weighted by Gasteiger charge is -2.49. The summed E-state index contributed by atoms with van der Waals surface area (Å²) in [7, 11) is 2.60. The first-order valence-corrected chi connectivity index (χ1v) is 27.5. The zero-order valence-electron chi connectivity index (χ0n) is 42.8. The van der Waals surface area contributed by atoms with Crippen molar-refractivity contribution in [1.29, 1.82) is 0 Å². The average molecular weight is 1110 g/mol. The Hall–Kier alpha value is -7.92. The number of benzene rings is 5. The Bertz CT molecular complexity index is 3350. The van der Waals surface area contributed by atoms with Crippen molar-refractivity contribution < 1.29 is 38.0 Å². The first kappa shape index (κ1) is 54.9. The topological polar surface area (TPSA) is 221 Å². The van der Waals surface area contributed by atoms with Crippen molar-refractivity contribution >= 4 is 68.7 Å². The summed E-state index contributed by atoms with van der Waals surface area (Å²) >= 11 is 3.94. The molecule has 400 valence electrons. The average Bonchev–Trinajstić information content (AvgIpc) is 4.07. The highest BCUT2D eigenvalue weighted by atomic mass is 32.2. The SMILES string of the molecule is CCOC(Cn1nc(C(S)=CC2=C(C(=O)OC(c3ccccc3)c3ccccc3)N3C(=O)C(NC(=O)C(=NOC)c4csc(NC(c5ccccc5)(c5ccccc5)c5ccccc5)n4)C3[S+]([O-])C2)n(C)c(=O)c1=O)OCC. The molecule has 1 fully saturated rings. The van der Waals surface area contributed by atoms with Crippen molar-refractivity contribution in [2.75, 3.05) is 31.4 Å². The Kier molecular flexibility index (Phi) is 17.3. The van der Waals surface area contributed by atoms with E-state index >= 15 is 0 Å². The van der Waals surface area contributed by atoms with E-state index in [1.54, 1.807) is 67.8 Å². The molecule has 4 heterocycles. The van der Waals surface area contributed by atoms with Gasteiger partial charge in [-0.2, -0.15) is 5.10 Å². The first-order chi connectivity index (χ1) is 37.9. The summed E-state index contributed by atoms with van der Waals surface area (Å²) in [6.07, 6.45) is -0.528. The van der Waals surface area contributed by atoms with Crippen LogP contribution in [0, 0.1) is 0 Å². The number of ether oxygens (including phenoxy) is 3. The van der Waals surface area contributed by atoms with Crippen molar-refractivity contribution in [3.63, 3.8) is 0 Å². The molecule has 7 aromatic rings. The van der Waals surface area contributed by atoms with Crippen LogP contribution < -0.4 is 21.8 Å². The number of amides is 2. The van der Waals surface area contributed by atoms with Crippen LogP contribution in [-0.2, 0) is 63.7 Å². The van der Waals surface area contributed by atoms with Crippen LogP contribution in [0.5, 0.6) is 0 Å². The maximum atomic E-state index is 15.0. The molecule has 3 unspecified atom stereocenters. The number of rotatable bonds is 21. The fourth-order valence-corrected chi connectivity index (χ4v) is 12.1. The molecule has 21 heteroatoms. The summed E-state index contributed by atoms with van der Waals surface area (Å²) in [5.41, 5.74) is 0.748. The molecule has 5 aromatic carbocycles. The van der Waals surface area contributed by atoms with Crippen LogP contribution in [-0.4, -0.2) is 96.1 Å². The number of allylic oxidation sites excluding steroid dienone is 1. The largest absolute Gasteiger partial charge is 0.614 e. The standard InChI is InChI=1S/C57H54N8O10S3/c1-5-73-44(74-6-2)33-64-53(69)52(68)63(3)49(61-64)43(76)32-38-35-78(71)54-46(51(67)65(54)47(38)55(70)75-48(36-22-12-7-13-23-36)37-24-14-8-15-25-37)59-50(66)45(62-72-4)42-34-77-56(58-42)60-57(39-26-16-9-17-27-39,40-28-18-10-19-29-40)41-30-20-11-21-31-41/h7-32,34,44,46,48,54,76H,5-6,33,35H2,1-4H3,(H,58,60)(H,59,66). The normalized spacial score (nSPS) is 16.7. The quantitative estimate of drug-likeness (QED) is 0.00804. The first-order valence-electron chi connectivity index (χ1n) is 24.8. The number of hydrogen-bond acceptors (Lipinski definition) is 16. The minimum absolute atomic E-state index is 0.0324. The maximum absolute atomic E-state index is 15.0. The van der Waals surface area contributed by atoms with Crippen LogP contribution in [0.1, 0.15) is 59.3 Å². The fourth-order valence-electron chi connectivity index (χ4n) is 9.36. The molecule has 2 amide bonds. The Morgan fingerprint density at radius 1 is 0.833 bits per heavy atom. The molecule has 9 rings (SSSR count). The molecule has 0 aliphatic carbocycles. The van der Waals surface area contributed by atoms with Crippen molar-refractivity contribution in [2.45, 2.75) is 49.7 Å². The van der Waals surface area contributed by atoms with Gasteiger partial charge in [-0.05, 0) is 58.9 Å². The van der Waals surface area contributed by atoms with E-state index in [2.05, 4.69) is 20.9 Å². The minimum atomic E-state index is -2.00. The molecule has 0 bridgehead atoms. The third-order valence-electron chi connectivity index (χ3n) is 12.9. The number of carbonyl (C=O) groups excluding carboxylic acids is 3. The number of nitrogens with zero attached hydrogens (tertiary/aromatic N) is 6. The Morgan fingerprint density at radius 2 is 1.36 bits per heavy atom. The molecular weight excluding hydrogens is 1050 g/mol. The monoisotopic (exact) mass is 1110 g/mol. The van der Waals surface area contributed by atoms with E-state index in [0.717, 1.165) is 30.8 Å². The van der Waals surface area contributed by atoms with Gasteiger partial charge in [0.1, 0.15) is 29.8 Å². The number of aromatic nitrogens is 4. The van der Waals surface area contributed by atoms with E-state index in [0.29, 0.717) is 16.3 Å². The summed E-state index contributed by atoms with van der Waals surface area (Å²) in [6.45, 7) is 3.77. The van der Waals surface area contributed by atoms with Crippen LogP contribution in [0.2, 0.25) is 0 Å². The van der Waals surface area contributed by atoms with Gasteiger partial charge in [0.2, 0.25) is 5.37 Å². The van der Waals surface area contributed by atoms with E-state index in [9.17, 15) is 28.5 Å². The Labute approximate surface area is 461 Å². The van der Waals surface area contributed by atoms with E-state index in [4.69, 9.17) is 36.7 Å². The lowest BCUT2D eigenvalue weighted by molar-refractivity contribution is -0.154. The van der Waals surface area contributed by atoms with Gasteiger partial charge in [-0.15, -0.1) is 24.0 Å². The third-order valence-corrected chi connectivity index (χ3v) is 15.7. The van der Waals surface area contributed by atoms with Crippen LogP contribution in [0.25, 0.3) is 4.91 Å². The molecule has 2 aliphatic rings. The number of oxime groups is 1. The smallest absolute Gasteiger partial charge is 0.356 e. The lowest BCUT2D eigenvalue weighted by Crippen LogP contribution is -2.75. The summed E-state index contributed by atoms with van der Waals surface area (Å²) in [5.74, 6) is -3.08. The molecule has 2 N–H and O–H groups in total.